The van der Waals surface area contributed by atoms with Gasteiger partial charge in [-0.2, -0.15) is 0 Å². The van der Waals surface area contributed by atoms with E-state index >= 15 is 0 Å². The van der Waals surface area contributed by atoms with Gasteiger partial charge in [0.15, 0.2) is 0 Å². The molecular formula is C16H16ClF2NS. The Bertz CT molecular complexity index is 604. The number of hydrogen-bond acceptors (Lipinski definition) is 2. The van der Waals surface area contributed by atoms with Crippen LogP contribution in [0.5, 0.6) is 0 Å². The lowest BCUT2D eigenvalue weighted by Gasteiger charge is -2.23. The van der Waals surface area contributed by atoms with Gasteiger partial charge in [-0.15, -0.1) is 11.8 Å². The largest absolute Gasteiger partial charge is 0.326 e. The monoisotopic (exact) mass is 327 g/mol. The van der Waals surface area contributed by atoms with Crippen LogP contribution in [-0.2, 0) is 0 Å². The van der Waals surface area contributed by atoms with Gasteiger partial charge in [0.05, 0.1) is 0 Å². The fourth-order valence-electron chi connectivity index (χ4n) is 1.98. The standard InChI is InChI=1S/C16H16ClF2NS/c1-2-14(20)16(10-3-5-11(17)6-4-10)21-15-8-7-12(18)9-13(15)19/h3-9,14,16H,2,20H2,1H3. The van der Waals surface area contributed by atoms with Crippen molar-refractivity contribution in [1.82, 2.24) is 0 Å². The first-order valence-corrected chi connectivity index (χ1v) is 7.89. The Labute approximate surface area is 132 Å². The van der Waals surface area contributed by atoms with Crippen molar-refractivity contribution in [2.24, 2.45) is 5.73 Å². The van der Waals surface area contributed by atoms with E-state index in [1.807, 2.05) is 19.1 Å². The third kappa shape index (κ3) is 4.19. The zero-order valence-electron chi connectivity index (χ0n) is 11.5. The molecule has 21 heavy (non-hydrogen) atoms. The molecule has 2 aromatic rings. The maximum absolute atomic E-state index is 13.8. The van der Waals surface area contributed by atoms with E-state index in [9.17, 15) is 8.78 Å². The van der Waals surface area contributed by atoms with Crippen LogP contribution in [0.3, 0.4) is 0 Å². The summed E-state index contributed by atoms with van der Waals surface area (Å²) in [5, 5.41) is 0.521. The molecule has 0 radical (unpaired) electrons. The van der Waals surface area contributed by atoms with Crippen LogP contribution in [0.25, 0.3) is 0 Å². The van der Waals surface area contributed by atoms with Crippen molar-refractivity contribution in [2.75, 3.05) is 0 Å². The fraction of sp³-hybridized carbons (Fsp3) is 0.250. The zero-order valence-corrected chi connectivity index (χ0v) is 13.1. The highest BCUT2D eigenvalue weighted by Gasteiger charge is 2.21. The van der Waals surface area contributed by atoms with Gasteiger partial charge < -0.3 is 5.73 Å². The third-order valence-electron chi connectivity index (χ3n) is 3.21. The molecule has 0 aromatic heterocycles. The Hall–Kier alpha value is -1.10. The molecule has 2 aromatic carbocycles. The van der Waals surface area contributed by atoms with Crippen LogP contribution >= 0.6 is 23.4 Å². The average molecular weight is 328 g/mol. The molecule has 2 unspecified atom stereocenters. The van der Waals surface area contributed by atoms with Gasteiger partial charge in [-0.25, -0.2) is 8.78 Å². The van der Waals surface area contributed by atoms with Crippen molar-refractivity contribution in [3.8, 4) is 0 Å². The lowest BCUT2D eigenvalue weighted by Crippen LogP contribution is -2.25. The van der Waals surface area contributed by atoms with E-state index in [4.69, 9.17) is 17.3 Å². The Morgan fingerprint density at radius 2 is 1.81 bits per heavy atom. The minimum absolute atomic E-state index is 0.118. The van der Waals surface area contributed by atoms with E-state index in [-0.39, 0.29) is 11.3 Å². The summed E-state index contributed by atoms with van der Waals surface area (Å²) in [4.78, 5) is 0.389. The summed E-state index contributed by atoms with van der Waals surface area (Å²) in [5.41, 5.74) is 7.14. The summed E-state index contributed by atoms with van der Waals surface area (Å²) in [7, 11) is 0. The van der Waals surface area contributed by atoms with Crippen molar-refractivity contribution in [3.05, 3.63) is 64.7 Å². The normalized spacial score (nSPS) is 14.0. The molecule has 0 fully saturated rings. The summed E-state index contributed by atoms with van der Waals surface area (Å²) in [6.45, 7) is 1.98. The Morgan fingerprint density at radius 3 is 2.38 bits per heavy atom. The van der Waals surface area contributed by atoms with Gasteiger partial charge in [-0.3, -0.25) is 0 Å². The molecule has 2 rings (SSSR count). The van der Waals surface area contributed by atoms with Crippen LogP contribution in [-0.4, -0.2) is 6.04 Å². The van der Waals surface area contributed by atoms with E-state index in [2.05, 4.69) is 0 Å². The number of nitrogens with two attached hydrogens (primary N) is 1. The first kappa shape index (κ1) is 16.3. The van der Waals surface area contributed by atoms with Gasteiger partial charge in [0.25, 0.3) is 0 Å². The van der Waals surface area contributed by atoms with Gasteiger partial charge >= 0.3 is 0 Å². The topological polar surface area (TPSA) is 26.0 Å². The molecule has 0 amide bonds. The number of thioether (sulfide) groups is 1. The van der Waals surface area contributed by atoms with Gasteiger partial charge in [0.1, 0.15) is 11.6 Å². The minimum atomic E-state index is -0.584. The Morgan fingerprint density at radius 1 is 1.14 bits per heavy atom. The highest BCUT2D eigenvalue weighted by Crippen LogP contribution is 2.39. The number of halogens is 3. The summed E-state index contributed by atoms with van der Waals surface area (Å²) < 4.78 is 26.8. The third-order valence-corrected chi connectivity index (χ3v) is 4.92. The average Bonchev–Trinajstić information content (AvgIpc) is 2.47. The van der Waals surface area contributed by atoms with E-state index < -0.39 is 11.6 Å². The molecule has 0 bridgehead atoms. The summed E-state index contributed by atoms with van der Waals surface area (Å²) in [5.74, 6) is -1.15. The van der Waals surface area contributed by atoms with Gasteiger partial charge in [-0.05, 0) is 36.2 Å². The minimum Gasteiger partial charge on any atom is -0.326 e. The van der Waals surface area contributed by atoms with Gasteiger partial charge in [0.2, 0.25) is 0 Å². The molecule has 0 heterocycles. The van der Waals surface area contributed by atoms with Crippen LogP contribution in [0.15, 0.2) is 47.4 Å². The van der Waals surface area contributed by atoms with Crippen LogP contribution in [0, 0.1) is 11.6 Å². The molecule has 0 saturated carbocycles. The van der Waals surface area contributed by atoms with Crippen molar-refractivity contribution < 1.29 is 8.78 Å². The number of rotatable bonds is 5. The molecule has 5 heteroatoms. The maximum Gasteiger partial charge on any atom is 0.139 e. The SMILES string of the molecule is CCC(N)C(Sc1ccc(F)cc1F)c1ccc(Cl)cc1. The second kappa shape index (κ2) is 7.25. The molecule has 0 spiro atoms. The van der Waals surface area contributed by atoms with Crippen LogP contribution in [0.2, 0.25) is 5.02 Å². The van der Waals surface area contributed by atoms with Crippen molar-refractivity contribution in [2.45, 2.75) is 29.5 Å². The van der Waals surface area contributed by atoms with Gasteiger partial charge in [-0.1, -0.05) is 30.7 Å². The highest BCUT2D eigenvalue weighted by molar-refractivity contribution is 7.99. The molecule has 0 aliphatic rings. The first-order valence-electron chi connectivity index (χ1n) is 6.64. The molecule has 0 saturated heterocycles. The fourth-order valence-corrected chi connectivity index (χ4v) is 3.35. The predicted molar refractivity (Wildman–Crippen MR) is 84.7 cm³/mol. The first-order chi connectivity index (χ1) is 10.0. The smallest absolute Gasteiger partial charge is 0.139 e. The Kier molecular flexibility index (Phi) is 5.62. The maximum atomic E-state index is 13.8. The van der Waals surface area contributed by atoms with E-state index in [0.29, 0.717) is 9.92 Å². The second-order valence-corrected chi connectivity index (χ2v) is 6.36. The van der Waals surface area contributed by atoms with E-state index in [1.54, 1.807) is 12.1 Å². The lowest BCUT2D eigenvalue weighted by molar-refractivity contribution is 0.564. The lowest BCUT2D eigenvalue weighted by atomic mass is 10.0. The highest BCUT2D eigenvalue weighted by atomic mass is 35.5. The number of benzene rings is 2. The molecule has 2 atom stereocenters. The van der Waals surface area contributed by atoms with Crippen molar-refractivity contribution in [1.29, 1.82) is 0 Å². The summed E-state index contributed by atoms with van der Waals surface area (Å²) >= 11 is 7.20. The van der Waals surface area contributed by atoms with Crippen LogP contribution < -0.4 is 5.73 Å². The molecular weight excluding hydrogens is 312 g/mol. The zero-order chi connectivity index (χ0) is 15.4. The molecule has 112 valence electrons. The van der Waals surface area contributed by atoms with Crippen LogP contribution in [0.1, 0.15) is 24.2 Å². The predicted octanol–water partition coefficient (Wildman–Crippen LogP) is 5.19. The second-order valence-electron chi connectivity index (χ2n) is 4.74. The van der Waals surface area contributed by atoms with Crippen molar-refractivity contribution in [3.63, 3.8) is 0 Å². The molecule has 2 N–H and O–H groups in total. The quantitative estimate of drug-likeness (QED) is 0.765. The van der Waals surface area contributed by atoms with Crippen molar-refractivity contribution >= 4 is 23.4 Å². The summed E-state index contributed by atoms with van der Waals surface area (Å²) in [6, 6.07) is 10.8. The molecule has 1 nitrogen and oxygen atoms in total. The van der Waals surface area contributed by atoms with E-state index in [0.717, 1.165) is 18.1 Å². The molecule has 0 aliphatic heterocycles. The molecule has 0 aliphatic carbocycles. The number of hydrogen-bond donors (Lipinski definition) is 1. The summed E-state index contributed by atoms with van der Waals surface area (Å²) in [6.07, 6.45) is 0.753. The Balaban J connectivity index is 2.30. The van der Waals surface area contributed by atoms with E-state index in [1.165, 1.54) is 23.9 Å². The van der Waals surface area contributed by atoms with Crippen LogP contribution in [0.4, 0.5) is 8.78 Å². The van der Waals surface area contributed by atoms with Gasteiger partial charge in [0, 0.05) is 27.3 Å².